The van der Waals surface area contributed by atoms with Gasteiger partial charge in [0.05, 0.1) is 6.61 Å². The highest BCUT2D eigenvalue weighted by Gasteiger charge is 2.10. The fourth-order valence-corrected chi connectivity index (χ4v) is 1.07. The average molecular weight is 169 g/mol. The summed E-state index contributed by atoms with van der Waals surface area (Å²) < 4.78 is 19.8. The second-order valence-corrected chi connectivity index (χ2v) is 2.48. The van der Waals surface area contributed by atoms with Gasteiger partial charge < -0.3 is 9.30 Å². The fraction of sp³-hybridized carbons (Fsp3) is 0.333. The van der Waals surface area contributed by atoms with Crippen molar-refractivity contribution in [2.45, 2.75) is 6.92 Å². The summed E-state index contributed by atoms with van der Waals surface area (Å²) in [7, 11) is 1.75. The molecule has 0 aromatic carbocycles. The topological polar surface area (TPSA) is 14.2 Å². The summed E-state index contributed by atoms with van der Waals surface area (Å²) in [5, 5.41) is 0. The van der Waals surface area contributed by atoms with E-state index in [1.165, 1.54) is 6.07 Å². The van der Waals surface area contributed by atoms with Crippen LogP contribution in [0.4, 0.5) is 4.39 Å². The highest BCUT2D eigenvalue weighted by Crippen LogP contribution is 2.17. The molecule has 12 heavy (non-hydrogen) atoms. The minimum atomic E-state index is -0.295. The molecule has 0 aliphatic rings. The maximum absolute atomic E-state index is 13.0. The first-order valence-corrected chi connectivity index (χ1v) is 3.79. The first-order chi connectivity index (χ1) is 5.66. The second kappa shape index (κ2) is 3.43. The average Bonchev–Trinajstić information content (AvgIpc) is 2.32. The van der Waals surface area contributed by atoms with Gasteiger partial charge in [-0.2, -0.15) is 0 Å². The zero-order valence-electron chi connectivity index (χ0n) is 7.30. The molecule has 0 spiro atoms. The Morgan fingerprint density at radius 1 is 1.75 bits per heavy atom. The number of ether oxygens (including phenoxy) is 1. The molecule has 1 heterocycles. The van der Waals surface area contributed by atoms with Gasteiger partial charge in [0.1, 0.15) is 11.5 Å². The van der Waals surface area contributed by atoms with Crippen molar-refractivity contribution in [2.75, 3.05) is 6.61 Å². The zero-order valence-corrected chi connectivity index (χ0v) is 7.30. The van der Waals surface area contributed by atoms with Crippen LogP contribution in [0.15, 0.2) is 18.8 Å². The standard InChI is InChI=1S/C9H12FNO/c1-4-12-7(2)9-8(10)5-6-11(9)3/h5-6H,2,4H2,1,3H3. The second-order valence-electron chi connectivity index (χ2n) is 2.48. The van der Waals surface area contributed by atoms with E-state index in [0.717, 1.165) is 0 Å². The third-order valence-electron chi connectivity index (χ3n) is 1.61. The lowest BCUT2D eigenvalue weighted by Crippen LogP contribution is -1.99. The molecule has 66 valence electrons. The van der Waals surface area contributed by atoms with Gasteiger partial charge in [-0.25, -0.2) is 4.39 Å². The molecule has 0 N–H and O–H groups in total. The largest absolute Gasteiger partial charge is 0.492 e. The lowest BCUT2D eigenvalue weighted by Gasteiger charge is -2.07. The Hall–Kier alpha value is -1.25. The molecule has 1 aromatic rings. The predicted octanol–water partition coefficient (Wildman–Crippen LogP) is 2.17. The van der Waals surface area contributed by atoms with Crippen LogP contribution in [-0.4, -0.2) is 11.2 Å². The minimum absolute atomic E-state index is 0.295. The van der Waals surface area contributed by atoms with Crippen LogP contribution in [0.3, 0.4) is 0 Å². The number of aryl methyl sites for hydroxylation is 1. The Kier molecular flexibility index (Phi) is 2.53. The van der Waals surface area contributed by atoms with Crippen molar-refractivity contribution in [3.63, 3.8) is 0 Å². The Balaban J connectivity index is 2.93. The Morgan fingerprint density at radius 3 is 2.83 bits per heavy atom. The molecule has 3 heteroatoms. The van der Waals surface area contributed by atoms with E-state index >= 15 is 0 Å². The first kappa shape index (κ1) is 8.84. The molecule has 0 bridgehead atoms. The third kappa shape index (κ3) is 1.49. The van der Waals surface area contributed by atoms with E-state index in [1.807, 2.05) is 6.92 Å². The molecule has 1 aromatic heterocycles. The van der Waals surface area contributed by atoms with Crippen molar-refractivity contribution in [2.24, 2.45) is 7.05 Å². The molecule has 0 unspecified atom stereocenters. The summed E-state index contributed by atoms with van der Waals surface area (Å²) in [6, 6.07) is 1.39. The van der Waals surface area contributed by atoms with Gasteiger partial charge >= 0.3 is 0 Å². The van der Waals surface area contributed by atoms with Crippen LogP contribution in [0.5, 0.6) is 0 Å². The van der Waals surface area contributed by atoms with Crippen LogP contribution in [0.1, 0.15) is 12.6 Å². The van der Waals surface area contributed by atoms with Gasteiger partial charge in [-0.15, -0.1) is 0 Å². The van der Waals surface area contributed by atoms with Crippen molar-refractivity contribution in [3.8, 4) is 0 Å². The number of hydrogen-bond donors (Lipinski definition) is 0. The fourth-order valence-electron chi connectivity index (χ4n) is 1.07. The zero-order chi connectivity index (χ0) is 9.14. The van der Waals surface area contributed by atoms with Crippen molar-refractivity contribution in [1.82, 2.24) is 4.57 Å². The van der Waals surface area contributed by atoms with E-state index in [0.29, 0.717) is 18.1 Å². The van der Waals surface area contributed by atoms with Crippen LogP contribution in [0, 0.1) is 5.82 Å². The van der Waals surface area contributed by atoms with E-state index < -0.39 is 0 Å². The number of hydrogen-bond acceptors (Lipinski definition) is 1. The smallest absolute Gasteiger partial charge is 0.152 e. The lowest BCUT2D eigenvalue weighted by atomic mass is 10.3. The van der Waals surface area contributed by atoms with Crippen molar-refractivity contribution in [1.29, 1.82) is 0 Å². The van der Waals surface area contributed by atoms with Gasteiger partial charge in [-0.05, 0) is 13.0 Å². The molecule has 0 aliphatic carbocycles. The molecule has 2 nitrogen and oxygen atoms in total. The van der Waals surface area contributed by atoms with Gasteiger partial charge in [0, 0.05) is 13.2 Å². The number of aromatic nitrogens is 1. The summed E-state index contributed by atoms with van der Waals surface area (Å²) in [6.45, 7) is 5.97. The van der Waals surface area contributed by atoms with E-state index in [1.54, 1.807) is 17.8 Å². The quantitative estimate of drug-likeness (QED) is 0.632. The number of halogens is 1. The lowest BCUT2D eigenvalue weighted by molar-refractivity contribution is 0.294. The third-order valence-corrected chi connectivity index (χ3v) is 1.61. The van der Waals surface area contributed by atoms with Crippen molar-refractivity contribution in [3.05, 3.63) is 30.4 Å². The molecule has 0 aliphatic heterocycles. The highest BCUT2D eigenvalue weighted by molar-refractivity contribution is 5.54. The van der Waals surface area contributed by atoms with Crippen LogP contribution in [-0.2, 0) is 11.8 Å². The van der Waals surface area contributed by atoms with Crippen LogP contribution < -0.4 is 0 Å². The molecule has 0 amide bonds. The maximum Gasteiger partial charge on any atom is 0.152 e. The molecule has 0 fully saturated rings. The minimum Gasteiger partial charge on any atom is -0.492 e. The number of rotatable bonds is 3. The Morgan fingerprint density at radius 2 is 2.42 bits per heavy atom. The SMILES string of the molecule is C=C(OCC)c1c(F)ccn1C. The Labute approximate surface area is 71.3 Å². The van der Waals surface area contributed by atoms with Crippen molar-refractivity contribution < 1.29 is 9.13 Å². The van der Waals surface area contributed by atoms with E-state index in [2.05, 4.69) is 6.58 Å². The predicted molar refractivity (Wildman–Crippen MR) is 46.0 cm³/mol. The molecule has 1 rings (SSSR count). The normalized spacial score (nSPS) is 9.92. The molecule has 0 atom stereocenters. The summed E-state index contributed by atoms with van der Waals surface area (Å²) in [5.74, 6) is 0.0819. The van der Waals surface area contributed by atoms with Crippen LogP contribution >= 0.6 is 0 Å². The van der Waals surface area contributed by atoms with Gasteiger partial charge in [0.25, 0.3) is 0 Å². The van der Waals surface area contributed by atoms with Gasteiger partial charge in [-0.3, -0.25) is 0 Å². The summed E-state index contributed by atoms with van der Waals surface area (Å²) >= 11 is 0. The Bertz CT molecular complexity index is 271. The van der Waals surface area contributed by atoms with Crippen LogP contribution in [0.25, 0.3) is 5.76 Å². The summed E-state index contributed by atoms with van der Waals surface area (Å²) in [4.78, 5) is 0. The first-order valence-electron chi connectivity index (χ1n) is 3.79. The van der Waals surface area contributed by atoms with E-state index in [-0.39, 0.29) is 5.82 Å². The van der Waals surface area contributed by atoms with Crippen LogP contribution in [0.2, 0.25) is 0 Å². The van der Waals surface area contributed by atoms with Gasteiger partial charge in [-0.1, -0.05) is 6.58 Å². The van der Waals surface area contributed by atoms with E-state index in [9.17, 15) is 4.39 Å². The molecular formula is C9H12FNO. The van der Waals surface area contributed by atoms with E-state index in [4.69, 9.17) is 4.74 Å². The highest BCUT2D eigenvalue weighted by atomic mass is 19.1. The maximum atomic E-state index is 13.0. The van der Waals surface area contributed by atoms with Gasteiger partial charge in [0.15, 0.2) is 5.82 Å². The van der Waals surface area contributed by atoms with Crippen molar-refractivity contribution >= 4 is 5.76 Å². The summed E-state index contributed by atoms with van der Waals surface area (Å²) in [6.07, 6.45) is 1.63. The molecule has 0 radical (unpaired) electrons. The molecule has 0 saturated carbocycles. The molecule has 0 saturated heterocycles. The molecular weight excluding hydrogens is 157 g/mol. The number of nitrogens with zero attached hydrogens (tertiary/aromatic N) is 1. The van der Waals surface area contributed by atoms with Gasteiger partial charge in [0.2, 0.25) is 0 Å². The summed E-state index contributed by atoms with van der Waals surface area (Å²) in [5.41, 5.74) is 0.414. The monoisotopic (exact) mass is 169 g/mol.